The second-order valence-electron chi connectivity index (χ2n) is 6.25. The standard InChI is InChI=1S/C16H30O2.C4H6O2/c1-3-4-5-6-7-8-9-10-11-12-13-14-15(2)16(17)18;1-3(2)4(5)6/h14H,3-13H2,1-2H3,(H,17,18);1H2,2H3,(H,5,6). The molecule has 0 rings (SSSR count). The summed E-state index contributed by atoms with van der Waals surface area (Å²) in [6.07, 6.45) is 16.0. The zero-order chi connectivity index (χ0) is 18.8. The number of rotatable bonds is 13. The lowest BCUT2D eigenvalue weighted by atomic mass is 10.1. The van der Waals surface area contributed by atoms with Crippen LogP contribution in [0.4, 0.5) is 0 Å². The first-order valence-corrected chi connectivity index (χ1v) is 9.11. The third-order valence-electron chi connectivity index (χ3n) is 3.71. The van der Waals surface area contributed by atoms with Gasteiger partial charge < -0.3 is 10.2 Å². The molecular weight excluding hydrogens is 304 g/mol. The number of carbonyl (C=O) groups is 2. The molecule has 0 aromatic heterocycles. The quantitative estimate of drug-likeness (QED) is 0.320. The van der Waals surface area contributed by atoms with Crippen LogP contribution >= 0.6 is 0 Å². The van der Waals surface area contributed by atoms with Gasteiger partial charge in [0.2, 0.25) is 0 Å². The second kappa shape index (κ2) is 17.8. The van der Waals surface area contributed by atoms with E-state index in [9.17, 15) is 9.59 Å². The Morgan fingerprint density at radius 1 is 0.792 bits per heavy atom. The van der Waals surface area contributed by atoms with Crippen LogP contribution in [-0.4, -0.2) is 22.2 Å². The van der Waals surface area contributed by atoms with Gasteiger partial charge in [0.15, 0.2) is 0 Å². The Morgan fingerprint density at radius 2 is 1.17 bits per heavy atom. The summed E-state index contributed by atoms with van der Waals surface area (Å²) in [6, 6.07) is 0. The van der Waals surface area contributed by atoms with Crippen molar-refractivity contribution in [3.8, 4) is 0 Å². The number of carboxylic acids is 2. The van der Waals surface area contributed by atoms with Crippen molar-refractivity contribution in [3.63, 3.8) is 0 Å². The molecule has 2 N–H and O–H groups in total. The third-order valence-corrected chi connectivity index (χ3v) is 3.71. The summed E-state index contributed by atoms with van der Waals surface area (Å²) < 4.78 is 0. The van der Waals surface area contributed by atoms with Gasteiger partial charge in [0.05, 0.1) is 0 Å². The summed E-state index contributed by atoms with van der Waals surface area (Å²) in [4.78, 5) is 20.1. The molecule has 0 aromatic carbocycles. The molecule has 0 aliphatic carbocycles. The summed E-state index contributed by atoms with van der Waals surface area (Å²) in [5.74, 6) is -1.72. The average molecular weight is 341 g/mol. The minimum atomic E-state index is -0.935. The van der Waals surface area contributed by atoms with Crippen LogP contribution in [0, 0.1) is 0 Å². The Balaban J connectivity index is 0. The molecule has 0 amide bonds. The normalized spacial score (nSPS) is 10.7. The minimum Gasteiger partial charge on any atom is -0.478 e. The Hall–Kier alpha value is -1.58. The lowest BCUT2D eigenvalue weighted by Gasteiger charge is -2.01. The molecule has 0 radical (unpaired) electrons. The van der Waals surface area contributed by atoms with E-state index in [4.69, 9.17) is 10.2 Å². The van der Waals surface area contributed by atoms with Crippen LogP contribution in [0.5, 0.6) is 0 Å². The van der Waals surface area contributed by atoms with Crippen molar-refractivity contribution < 1.29 is 19.8 Å². The van der Waals surface area contributed by atoms with E-state index in [0.29, 0.717) is 5.57 Å². The molecule has 4 nitrogen and oxygen atoms in total. The molecule has 24 heavy (non-hydrogen) atoms. The van der Waals surface area contributed by atoms with Gasteiger partial charge in [-0.15, -0.1) is 0 Å². The van der Waals surface area contributed by atoms with E-state index in [2.05, 4.69) is 13.5 Å². The van der Waals surface area contributed by atoms with Crippen LogP contribution in [0.3, 0.4) is 0 Å². The van der Waals surface area contributed by atoms with Gasteiger partial charge in [-0.3, -0.25) is 0 Å². The molecule has 0 bridgehead atoms. The van der Waals surface area contributed by atoms with Gasteiger partial charge in [0.25, 0.3) is 0 Å². The second-order valence-corrected chi connectivity index (χ2v) is 6.25. The van der Waals surface area contributed by atoms with Crippen LogP contribution in [0.25, 0.3) is 0 Å². The molecule has 140 valence electrons. The van der Waals surface area contributed by atoms with E-state index in [1.54, 1.807) is 6.92 Å². The average Bonchev–Trinajstić information content (AvgIpc) is 2.52. The van der Waals surface area contributed by atoms with Crippen molar-refractivity contribution >= 4 is 11.9 Å². The Morgan fingerprint density at radius 3 is 1.50 bits per heavy atom. The zero-order valence-corrected chi connectivity index (χ0v) is 15.8. The third kappa shape index (κ3) is 20.4. The number of carboxylic acid groups (broad SMARTS) is 2. The van der Waals surface area contributed by atoms with Crippen molar-refractivity contribution in [2.45, 2.75) is 91.4 Å². The van der Waals surface area contributed by atoms with Gasteiger partial charge in [0.1, 0.15) is 0 Å². The lowest BCUT2D eigenvalue weighted by molar-refractivity contribution is -0.133. The van der Waals surface area contributed by atoms with Crippen molar-refractivity contribution in [3.05, 3.63) is 23.8 Å². The highest BCUT2D eigenvalue weighted by molar-refractivity contribution is 5.85. The van der Waals surface area contributed by atoms with E-state index in [-0.39, 0.29) is 5.57 Å². The first kappa shape index (κ1) is 24.7. The van der Waals surface area contributed by atoms with E-state index < -0.39 is 11.9 Å². The van der Waals surface area contributed by atoms with Crippen LogP contribution in [0.15, 0.2) is 23.8 Å². The molecule has 0 atom stereocenters. The lowest BCUT2D eigenvalue weighted by Crippen LogP contribution is -1.95. The molecule has 0 aliphatic heterocycles. The predicted molar refractivity (Wildman–Crippen MR) is 100 cm³/mol. The first-order valence-electron chi connectivity index (χ1n) is 9.11. The van der Waals surface area contributed by atoms with E-state index in [0.717, 1.165) is 12.8 Å². The van der Waals surface area contributed by atoms with Gasteiger partial charge in [-0.25, -0.2) is 9.59 Å². The summed E-state index contributed by atoms with van der Waals surface area (Å²) in [7, 11) is 0. The highest BCUT2D eigenvalue weighted by Crippen LogP contribution is 2.11. The number of unbranched alkanes of at least 4 members (excludes halogenated alkanes) is 10. The predicted octanol–water partition coefficient (Wildman–Crippen LogP) is 5.98. The summed E-state index contributed by atoms with van der Waals surface area (Å²) in [5.41, 5.74) is 0.654. The zero-order valence-electron chi connectivity index (χ0n) is 15.8. The van der Waals surface area contributed by atoms with Gasteiger partial charge in [-0.2, -0.15) is 0 Å². The molecule has 4 heteroatoms. The SMILES string of the molecule is C=C(C)C(=O)O.CCCCCCCCCCCCC=C(C)C(=O)O. The highest BCUT2D eigenvalue weighted by Gasteiger charge is 1.97. The fraction of sp³-hybridized carbons (Fsp3) is 0.700. The molecule has 0 unspecified atom stereocenters. The molecule has 0 spiro atoms. The maximum absolute atomic E-state index is 10.5. The van der Waals surface area contributed by atoms with E-state index >= 15 is 0 Å². The fourth-order valence-corrected chi connectivity index (χ4v) is 2.04. The Kier molecular flexibility index (Phi) is 18.3. The Bertz CT molecular complexity index is 371. The molecule has 0 heterocycles. The number of allylic oxidation sites excluding steroid dienone is 1. The topological polar surface area (TPSA) is 74.6 Å². The van der Waals surface area contributed by atoms with Crippen LogP contribution < -0.4 is 0 Å². The Labute approximate surface area is 147 Å². The molecule has 0 saturated carbocycles. The van der Waals surface area contributed by atoms with E-state index in [1.165, 1.54) is 64.7 Å². The highest BCUT2D eigenvalue weighted by atomic mass is 16.4. The maximum atomic E-state index is 10.5. The van der Waals surface area contributed by atoms with Crippen molar-refractivity contribution in [1.82, 2.24) is 0 Å². The summed E-state index contributed by atoms with van der Waals surface area (Å²) in [6.45, 7) is 8.52. The molecule has 0 aromatic rings. The smallest absolute Gasteiger partial charge is 0.330 e. The molecule has 0 fully saturated rings. The maximum Gasteiger partial charge on any atom is 0.330 e. The summed E-state index contributed by atoms with van der Waals surface area (Å²) >= 11 is 0. The molecular formula is C20H36O4. The van der Waals surface area contributed by atoms with Crippen LogP contribution in [0.2, 0.25) is 0 Å². The molecule has 0 aliphatic rings. The number of hydrogen-bond donors (Lipinski definition) is 2. The van der Waals surface area contributed by atoms with Crippen molar-refractivity contribution in [2.75, 3.05) is 0 Å². The van der Waals surface area contributed by atoms with E-state index in [1.807, 2.05) is 6.08 Å². The molecule has 0 saturated heterocycles. The van der Waals surface area contributed by atoms with Gasteiger partial charge in [-0.05, 0) is 26.7 Å². The van der Waals surface area contributed by atoms with Crippen molar-refractivity contribution in [2.24, 2.45) is 0 Å². The van der Waals surface area contributed by atoms with Gasteiger partial charge in [0, 0.05) is 11.1 Å². The van der Waals surface area contributed by atoms with Crippen molar-refractivity contribution in [1.29, 1.82) is 0 Å². The largest absolute Gasteiger partial charge is 0.478 e. The van der Waals surface area contributed by atoms with Crippen LogP contribution in [0.1, 0.15) is 91.4 Å². The number of hydrogen-bond acceptors (Lipinski definition) is 2. The fourth-order valence-electron chi connectivity index (χ4n) is 2.04. The van der Waals surface area contributed by atoms with Crippen LogP contribution in [-0.2, 0) is 9.59 Å². The number of aliphatic carboxylic acids is 2. The first-order chi connectivity index (χ1) is 11.3. The summed E-state index contributed by atoms with van der Waals surface area (Å²) in [5, 5.41) is 16.6. The monoisotopic (exact) mass is 340 g/mol. The minimum absolute atomic E-state index is 0.176. The van der Waals surface area contributed by atoms with Gasteiger partial charge >= 0.3 is 11.9 Å². The van der Waals surface area contributed by atoms with Gasteiger partial charge in [-0.1, -0.05) is 77.4 Å².